The maximum Gasteiger partial charge on any atom is 0.263 e. The van der Waals surface area contributed by atoms with Crippen LogP contribution in [0.25, 0.3) is 21.3 Å². The predicted octanol–water partition coefficient (Wildman–Crippen LogP) is 5.24. The zero-order valence-corrected chi connectivity index (χ0v) is 21.8. The molecule has 0 radical (unpaired) electrons. The second-order valence-electron chi connectivity index (χ2n) is 8.49. The van der Waals surface area contributed by atoms with Crippen molar-refractivity contribution < 1.29 is 14.3 Å². The van der Waals surface area contributed by atoms with Crippen LogP contribution in [0.2, 0.25) is 0 Å². The number of thiophene rings is 1. The average molecular weight is 519 g/mol. The molecule has 0 bridgehead atoms. The van der Waals surface area contributed by atoms with Crippen LogP contribution in [0.15, 0.2) is 70.1 Å². The number of carbonyl (C=O) groups excluding carboxylic acids is 1. The number of nitrogens with zero attached hydrogens (tertiary/aromatic N) is 3. The molecule has 0 saturated carbocycles. The molecule has 2 aromatic heterocycles. The molecule has 0 aliphatic rings. The quantitative estimate of drug-likeness (QED) is 0.157. The molecule has 4 aromatic rings. The lowest BCUT2D eigenvalue weighted by Gasteiger charge is -2.11. The van der Waals surface area contributed by atoms with Crippen LogP contribution >= 0.6 is 11.3 Å². The van der Waals surface area contributed by atoms with E-state index < -0.39 is 5.91 Å². The molecule has 0 aliphatic heterocycles. The van der Waals surface area contributed by atoms with E-state index in [0.29, 0.717) is 28.3 Å². The minimum Gasteiger partial charge on any atom is -0.493 e. The highest BCUT2D eigenvalue weighted by Gasteiger charge is 2.14. The van der Waals surface area contributed by atoms with Gasteiger partial charge in [0.25, 0.3) is 11.5 Å². The molecule has 1 N–H and O–H groups in total. The Morgan fingerprint density at radius 2 is 1.97 bits per heavy atom. The third kappa shape index (κ3) is 6.62. The normalized spacial score (nSPS) is 11.2. The Morgan fingerprint density at radius 1 is 1.14 bits per heavy atom. The van der Waals surface area contributed by atoms with E-state index in [1.807, 2.05) is 47.8 Å². The summed E-state index contributed by atoms with van der Waals surface area (Å²) in [4.78, 5) is 30.6. The first-order valence-electron chi connectivity index (χ1n) is 12.3. The minimum absolute atomic E-state index is 0.197. The van der Waals surface area contributed by atoms with E-state index in [-0.39, 0.29) is 12.1 Å². The van der Waals surface area contributed by atoms with Crippen molar-refractivity contribution in [2.24, 2.45) is 5.10 Å². The summed E-state index contributed by atoms with van der Waals surface area (Å²) in [5.74, 6) is 0.836. The Morgan fingerprint density at radius 3 is 2.76 bits per heavy atom. The van der Waals surface area contributed by atoms with Crippen molar-refractivity contribution in [1.29, 1.82) is 0 Å². The van der Waals surface area contributed by atoms with Crippen molar-refractivity contribution in [1.82, 2.24) is 15.0 Å². The highest BCUT2D eigenvalue weighted by Crippen LogP contribution is 2.30. The van der Waals surface area contributed by atoms with Crippen molar-refractivity contribution >= 4 is 33.7 Å². The molecule has 37 heavy (non-hydrogen) atoms. The molecule has 2 aromatic carbocycles. The molecule has 0 aliphatic carbocycles. The number of hydrogen-bond acceptors (Lipinski definition) is 7. The Hall–Kier alpha value is -3.98. The van der Waals surface area contributed by atoms with Gasteiger partial charge in [0, 0.05) is 10.9 Å². The predicted molar refractivity (Wildman–Crippen MR) is 148 cm³/mol. The number of hydrogen-bond donors (Lipinski definition) is 1. The minimum atomic E-state index is -0.435. The average Bonchev–Trinajstić information content (AvgIpc) is 3.36. The topological polar surface area (TPSA) is 94.8 Å². The van der Waals surface area contributed by atoms with Gasteiger partial charge in [-0.05, 0) is 35.7 Å². The van der Waals surface area contributed by atoms with E-state index in [1.165, 1.54) is 41.3 Å². The van der Waals surface area contributed by atoms with Crippen LogP contribution in [-0.2, 0) is 11.3 Å². The molecule has 1 amide bonds. The summed E-state index contributed by atoms with van der Waals surface area (Å²) in [5.41, 5.74) is 4.69. The van der Waals surface area contributed by atoms with Gasteiger partial charge in [0.05, 0.1) is 31.6 Å². The van der Waals surface area contributed by atoms with Gasteiger partial charge in [-0.2, -0.15) is 5.10 Å². The summed E-state index contributed by atoms with van der Waals surface area (Å²) in [5, 5.41) is 6.46. The zero-order valence-electron chi connectivity index (χ0n) is 21.0. The third-order valence-corrected chi connectivity index (χ3v) is 6.69. The van der Waals surface area contributed by atoms with E-state index in [1.54, 1.807) is 13.2 Å². The molecule has 8 nitrogen and oxygen atoms in total. The van der Waals surface area contributed by atoms with Crippen LogP contribution in [0, 0.1) is 0 Å². The van der Waals surface area contributed by atoms with Gasteiger partial charge >= 0.3 is 0 Å². The number of methoxy groups -OCH3 is 1. The fraction of sp³-hybridized carbons (Fsp3) is 0.286. The molecular weight excluding hydrogens is 488 g/mol. The second-order valence-corrected chi connectivity index (χ2v) is 9.34. The van der Waals surface area contributed by atoms with E-state index in [9.17, 15) is 9.59 Å². The van der Waals surface area contributed by atoms with Crippen LogP contribution in [0.5, 0.6) is 11.5 Å². The number of unbranched alkanes of at least 4 members (excludes halogenated alkanes) is 3. The largest absolute Gasteiger partial charge is 0.493 e. The Labute approximate surface area is 219 Å². The number of ether oxygens (including phenoxy) is 2. The fourth-order valence-corrected chi connectivity index (χ4v) is 4.78. The lowest BCUT2D eigenvalue weighted by molar-refractivity contribution is -0.121. The lowest BCUT2D eigenvalue weighted by Crippen LogP contribution is -2.30. The first-order chi connectivity index (χ1) is 18.1. The number of amides is 1. The van der Waals surface area contributed by atoms with Gasteiger partial charge in [-0.1, -0.05) is 56.5 Å². The van der Waals surface area contributed by atoms with E-state index in [0.717, 1.165) is 29.5 Å². The maximum atomic E-state index is 13.1. The van der Waals surface area contributed by atoms with Crippen LogP contribution in [0.1, 0.15) is 38.2 Å². The van der Waals surface area contributed by atoms with Crippen LogP contribution in [0.3, 0.4) is 0 Å². The summed E-state index contributed by atoms with van der Waals surface area (Å²) in [6.07, 6.45) is 7.43. The second kappa shape index (κ2) is 12.8. The van der Waals surface area contributed by atoms with Gasteiger partial charge in [0.15, 0.2) is 11.5 Å². The molecular formula is C28H30N4O4S. The summed E-state index contributed by atoms with van der Waals surface area (Å²) in [6.45, 7) is 2.62. The maximum absolute atomic E-state index is 13.1. The highest BCUT2D eigenvalue weighted by atomic mass is 32.1. The van der Waals surface area contributed by atoms with Gasteiger partial charge in [-0.15, -0.1) is 11.3 Å². The monoisotopic (exact) mass is 518 g/mol. The molecule has 2 heterocycles. The van der Waals surface area contributed by atoms with Crippen LogP contribution < -0.4 is 20.5 Å². The highest BCUT2D eigenvalue weighted by molar-refractivity contribution is 7.17. The third-order valence-electron chi connectivity index (χ3n) is 5.81. The number of rotatable bonds is 12. The van der Waals surface area contributed by atoms with Gasteiger partial charge in [0.2, 0.25) is 0 Å². The molecule has 192 valence electrons. The number of benzene rings is 2. The first kappa shape index (κ1) is 26.1. The zero-order chi connectivity index (χ0) is 26.0. The van der Waals surface area contributed by atoms with Crippen molar-refractivity contribution in [3.05, 3.63) is 76.2 Å². The molecule has 0 atom stereocenters. The Kier molecular flexibility index (Phi) is 9.04. The summed E-state index contributed by atoms with van der Waals surface area (Å²) in [7, 11) is 1.58. The number of carbonyl (C=O) groups is 1. The number of aromatic nitrogens is 2. The van der Waals surface area contributed by atoms with Gasteiger partial charge < -0.3 is 9.47 Å². The molecule has 0 unspecified atom stereocenters. The Balaban J connectivity index is 1.39. The first-order valence-corrected chi connectivity index (χ1v) is 13.1. The molecule has 0 fully saturated rings. The molecule has 9 heteroatoms. The SMILES string of the molecule is CCCCCCOc1ccc(/C=N/NC(=O)Cn2cnc3scc(-c4ccccc4)c3c2=O)cc1OC. The van der Waals surface area contributed by atoms with Crippen molar-refractivity contribution in [3.63, 3.8) is 0 Å². The lowest BCUT2D eigenvalue weighted by atomic mass is 10.1. The van der Waals surface area contributed by atoms with E-state index in [4.69, 9.17) is 9.47 Å². The smallest absolute Gasteiger partial charge is 0.263 e. The van der Waals surface area contributed by atoms with Gasteiger partial charge in [-0.3, -0.25) is 14.2 Å². The van der Waals surface area contributed by atoms with Gasteiger partial charge in [0.1, 0.15) is 11.4 Å². The number of hydrazone groups is 1. The summed E-state index contributed by atoms with van der Waals surface area (Å²) < 4.78 is 12.6. The molecule has 0 spiro atoms. The van der Waals surface area contributed by atoms with Crippen molar-refractivity contribution in [2.75, 3.05) is 13.7 Å². The Bertz CT molecular complexity index is 1430. The van der Waals surface area contributed by atoms with Crippen LogP contribution in [0.4, 0.5) is 0 Å². The standard InChI is InChI=1S/C28H30N4O4S/c1-3-4-5-9-14-36-23-13-12-20(15-24(23)35-2)16-30-31-25(33)17-32-19-29-27-26(28(32)34)22(18-37-27)21-10-7-6-8-11-21/h6-8,10-13,15-16,18-19H,3-5,9,14,17H2,1-2H3,(H,31,33)/b30-16+. The van der Waals surface area contributed by atoms with Crippen LogP contribution in [-0.4, -0.2) is 35.4 Å². The summed E-state index contributed by atoms with van der Waals surface area (Å²) >= 11 is 1.41. The van der Waals surface area contributed by atoms with E-state index >= 15 is 0 Å². The number of fused-ring (bicyclic) bond motifs is 1. The van der Waals surface area contributed by atoms with E-state index in [2.05, 4.69) is 22.4 Å². The van der Waals surface area contributed by atoms with Crippen molar-refractivity contribution in [3.8, 4) is 22.6 Å². The van der Waals surface area contributed by atoms with Gasteiger partial charge in [-0.25, -0.2) is 10.4 Å². The van der Waals surface area contributed by atoms with Crippen molar-refractivity contribution in [2.45, 2.75) is 39.2 Å². The molecule has 4 rings (SSSR count). The fourth-order valence-electron chi connectivity index (χ4n) is 3.87. The molecule has 0 saturated heterocycles. The number of nitrogens with one attached hydrogen (secondary N) is 1. The summed E-state index contributed by atoms with van der Waals surface area (Å²) in [6, 6.07) is 15.1.